The normalized spacial score (nSPS) is 12.9. The monoisotopic (exact) mass is 379 g/mol. The van der Waals surface area contributed by atoms with E-state index in [4.69, 9.17) is 10.2 Å². The van der Waals surface area contributed by atoms with Crippen LogP contribution in [0.25, 0.3) is 22.2 Å². The van der Waals surface area contributed by atoms with E-state index < -0.39 is 0 Å². The molecule has 1 aromatic carbocycles. The van der Waals surface area contributed by atoms with Crippen molar-refractivity contribution in [2.45, 2.75) is 40.5 Å². The van der Waals surface area contributed by atoms with E-state index in [2.05, 4.69) is 31.1 Å². The number of nitrogens with two attached hydrogens (primary N) is 1. The van der Waals surface area contributed by atoms with E-state index in [1.807, 2.05) is 43.3 Å². The molecular formula is C23H29N3O2. The van der Waals surface area contributed by atoms with Gasteiger partial charge in [-0.05, 0) is 60.2 Å². The third-order valence-corrected chi connectivity index (χ3v) is 4.88. The van der Waals surface area contributed by atoms with Crippen LogP contribution in [0.1, 0.15) is 39.7 Å². The van der Waals surface area contributed by atoms with Crippen LogP contribution in [-0.2, 0) is 11.2 Å². The minimum Gasteiger partial charge on any atom is -0.464 e. The smallest absolute Gasteiger partial charge is 0.223 e. The van der Waals surface area contributed by atoms with Gasteiger partial charge in [0.1, 0.15) is 11.6 Å². The van der Waals surface area contributed by atoms with Gasteiger partial charge in [0.05, 0.1) is 11.8 Å². The fourth-order valence-electron chi connectivity index (χ4n) is 3.15. The molecule has 0 spiro atoms. The molecule has 1 unspecified atom stereocenters. The van der Waals surface area contributed by atoms with Crippen molar-refractivity contribution in [2.24, 2.45) is 11.3 Å². The Bertz CT molecular complexity index is 956. The maximum absolute atomic E-state index is 12.4. The molecule has 0 radical (unpaired) electrons. The number of carbonyl (C=O) groups excluding carboxylic acids is 1. The molecule has 0 aliphatic rings. The van der Waals surface area contributed by atoms with Crippen LogP contribution in [-0.4, -0.2) is 17.4 Å². The SMILES string of the molecule is CC(Cc1cc2cc(-c3ccco3)ccc2nc1N)C(=O)NCCC(C)(C)C. The third-order valence-electron chi connectivity index (χ3n) is 4.88. The Kier molecular flexibility index (Phi) is 5.73. The Labute approximate surface area is 166 Å². The number of rotatable bonds is 6. The highest BCUT2D eigenvalue weighted by Crippen LogP contribution is 2.27. The van der Waals surface area contributed by atoms with Crippen molar-refractivity contribution in [3.05, 3.63) is 48.2 Å². The summed E-state index contributed by atoms with van der Waals surface area (Å²) in [7, 11) is 0. The first kappa shape index (κ1) is 19.9. The number of nitrogens with zero attached hydrogens (tertiary/aromatic N) is 1. The topological polar surface area (TPSA) is 81.2 Å². The van der Waals surface area contributed by atoms with Crippen LogP contribution in [0.2, 0.25) is 0 Å². The summed E-state index contributed by atoms with van der Waals surface area (Å²) >= 11 is 0. The number of hydrogen-bond acceptors (Lipinski definition) is 4. The molecule has 0 fully saturated rings. The van der Waals surface area contributed by atoms with Crippen LogP contribution < -0.4 is 11.1 Å². The lowest BCUT2D eigenvalue weighted by molar-refractivity contribution is -0.124. The molecule has 2 aromatic heterocycles. The lowest BCUT2D eigenvalue weighted by atomic mass is 9.92. The van der Waals surface area contributed by atoms with E-state index in [9.17, 15) is 4.79 Å². The molecule has 2 heterocycles. The van der Waals surface area contributed by atoms with E-state index in [1.54, 1.807) is 6.26 Å². The zero-order valence-electron chi connectivity index (χ0n) is 17.1. The van der Waals surface area contributed by atoms with Crippen molar-refractivity contribution in [2.75, 3.05) is 12.3 Å². The van der Waals surface area contributed by atoms with Crippen LogP contribution >= 0.6 is 0 Å². The average Bonchev–Trinajstić information content (AvgIpc) is 3.15. The van der Waals surface area contributed by atoms with Crippen molar-refractivity contribution in [3.63, 3.8) is 0 Å². The molecule has 0 aliphatic heterocycles. The second-order valence-corrected chi connectivity index (χ2v) is 8.62. The number of benzene rings is 1. The summed E-state index contributed by atoms with van der Waals surface area (Å²) in [6, 6.07) is 11.8. The molecular weight excluding hydrogens is 350 g/mol. The van der Waals surface area contributed by atoms with Crippen LogP contribution in [0.5, 0.6) is 0 Å². The van der Waals surface area contributed by atoms with Crippen molar-refractivity contribution in [1.82, 2.24) is 10.3 Å². The Morgan fingerprint density at radius 1 is 1.25 bits per heavy atom. The maximum atomic E-state index is 12.4. The molecule has 0 bridgehead atoms. The zero-order chi connectivity index (χ0) is 20.3. The first-order valence-corrected chi connectivity index (χ1v) is 9.74. The number of aromatic nitrogens is 1. The Balaban J connectivity index is 1.74. The maximum Gasteiger partial charge on any atom is 0.223 e. The molecule has 148 valence electrons. The number of anilines is 1. The predicted octanol–water partition coefficient (Wildman–Crippen LogP) is 4.81. The molecule has 3 N–H and O–H groups in total. The van der Waals surface area contributed by atoms with Crippen LogP contribution in [0.4, 0.5) is 5.82 Å². The fourth-order valence-corrected chi connectivity index (χ4v) is 3.15. The van der Waals surface area contributed by atoms with E-state index in [-0.39, 0.29) is 17.2 Å². The first-order chi connectivity index (χ1) is 13.2. The van der Waals surface area contributed by atoms with Gasteiger partial charge in [-0.1, -0.05) is 27.7 Å². The van der Waals surface area contributed by atoms with Crippen LogP contribution in [0.3, 0.4) is 0 Å². The van der Waals surface area contributed by atoms with Gasteiger partial charge in [-0.2, -0.15) is 0 Å². The summed E-state index contributed by atoms with van der Waals surface area (Å²) in [5.74, 6) is 1.17. The summed E-state index contributed by atoms with van der Waals surface area (Å²) in [4.78, 5) is 17.0. The molecule has 5 heteroatoms. The molecule has 0 saturated carbocycles. The first-order valence-electron chi connectivity index (χ1n) is 9.74. The largest absolute Gasteiger partial charge is 0.464 e. The lowest BCUT2D eigenvalue weighted by Gasteiger charge is -2.19. The number of pyridine rings is 1. The molecule has 5 nitrogen and oxygen atoms in total. The summed E-state index contributed by atoms with van der Waals surface area (Å²) in [5.41, 5.74) is 9.08. The summed E-state index contributed by atoms with van der Waals surface area (Å²) in [5, 5.41) is 4.02. The van der Waals surface area contributed by atoms with E-state index in [1.165, 1.54) is 0 Å². The van der Waals surface area contributed by atoms with Gasteiger partial charge in [0.25, 0.3) is 0 Å². The standard InChI is InChI=1S/C23H29N3O2/c1-15(22(27)25-10-9-23(2,3)4)12-18-14-17-13-16(20-6-5-11-28-20)7-8-19(17)26-21(18)24/h5-8,11,13-15H,9-10,12H2,1-4H3,(H2,24,26)(H,25,27). The van der Waals surface area contributed by atoms with Crippen LogP contribution in [0, 0.1) is 11.3 Å². The Morgan fingerprint density at radius 2 is 2.04 bits per heavy atom. The number of carbonyl (C=O) groups is 1. The summed E-state index contributed by atoms with van der Waals surface area (Å²) < 4.78 is 5.48. The second kappa shape index (κ2) is 8.05. The van der Waals surface area contributed by atoms with E-state index in [0.717, 1.165) is 34.2 Å². The molecule has 0 saturated heterocycles. The molecule has 1 amide bonds. The number of nitrogen functional groups attached to an aromatic ring is 1. The van der Waals surface area contributed by atoms with Crippen molar-refractivity contribution in [1.29, 1.82) is 0 Å². The zero-order valence-corrected chi connectivity index (χ0v) is 17.1. The number of fused-ring (bicyclic) bond motifs is 1. The average molecular weight is 380 g/mol. The summed E-state index contributed by atoms with van der Waals surface area (Å²) in [6.45, 7) is 9.11. The van der Waals surface area contributed by atoms with Gasteiger partial charge in [0, 0.05) is 23.4 Å². The van der Waals surface area contributed by atoms with Crippen LogP contribution in [0.15, 0.2) is 47.1 Å². The molecule has 3 aromatic rings. The van der Waals surface area contributed by atoms with Gasteiger partial charge < -0.3 is 15.5 Å². The van der Waals surface area contributed by atoms with E-state index in [0.29, 0.717) is 18.8 Å². The van der Waals surface area contributed by atoms with Gasteiger partial charge in [-0.15, -0.1) is 0 Å². The minimum absolute atomic E-state index is 0.0492. The number of nitrogens with one attached hydrogen (secondary N) is 1. The van der Waals surface area contributed by atoms with Gasteiger partial charge in [0.15, 0.2) is 0 Å². The van der Waals surface area contributed by atoms with Gasteiger partial charge in [0.2, 0.25) is 5.91 Å². The highest BCUT2D eigenvalue weighted by atomic mass is 16.3. The highest BCUT2D eigenvalue weighted by Gasteiger charge is 2.17. The third kappa shape index (κ3) is 4.91. The Morgan fingerprint density at radius 3 is 2.71 bits per heavy atom. The molecule has 3 rings (SSSR count). The number of hydrogen-bond donors (Lipinski definition) is 2. The Hall–Kier alpha value is -2.82. The molecule has 28 heavy (non-hydrogen) atoms. The number of furan rings is 1. The fraction of sp³-hybridized carbons (Fsp3) is 0.391. The second-order valence-electron chi connectivity index (χ2n) is 8.62. The molecule has 1 atom stereocenters. The van der Waals surface area contributed by atoms with Crippen molar-refractivity contribution in [3.8, 4) is 11.3 Å². The minimum atomic E-state index is -0.172. The number of amides is 1. The van der Waals surface area contributed by atoms with Gasteiger partial charge >= 0.3 is 0 Å². The lowest BCUT2D eigenvalue weighted by Crippen LogP contribution is -2.32. The van der Waals surface area contributed by atoms with Crippen molar-refractivity contribution < 1.29 is 9.21 Å². The van der Waals surface area contributed by atoms with Crippen molar-refractivity contribution >= 4 is 22.6 Å². The molecule has 0 aliphatic carbocycles. The van der Waals surface area contributed by atoms with Gasteiger partial charge in [-0.3, -0.25) is 4.79 Å². The quantitative estimate of drug-likeness (QED) is 0.644. The highest BCUT2D eigenvalue weighted by molar-refractivity contribution is 5.86. The summed E-state index contributed by atoms with van der Waals surface area (Å²) in [6.07, 6.45) is 3.16. The van der Waals surface area contributed by atoms with Gasteiger partial charge in [-0.25, -0.2) is 4.98 Å². The predicted molar refractivity (Wildman–Crippen MR) is 114 cm³/mol. The van der Waals surface area contributed by atoms with E-state index >= 15 is 0 Å².